The summed E-state index contributed by atoms with van der Waals surface area (Å²) in [5, 5.41) is 15.2. The molecule has 2 fully saturated rings. The molecular formula is C21H14ClN3O5S. The van der Waals surface area contributed by atoms with Crippen LogP contribution in [0.4, 0.5) is 17.1 Å². The number of fused-ring (bicyclic) bond motifs is 1. The van der Waals surface area contributed by atoms with E-state index < -0.39 is 34.8 Å². The van der Waals surface area contributed by atoms with Crippen molar-refractivity contribution in [3.05, 3.63) is 86.1 Å². The van der Waals surface area contributed by atoms with Crippen molar-refractivity contribution in [2.45, 2.75) is 12.1 Å². The molecule has 2 aliphatic rings. The maximum atomic E-state index is 13.4. The number of anilines is 2. The average Bonchev–Trinajstić information content (AvgIpc) is 3.46. The number of nitro groups is 1. The summed E-state index contributed by atoms with van der Waals surface area (Å²) in [6, 6.07) is 15.6. The van der Waals surface area contributed by atoms with E-state index in [1.165, 1.54) is 35.6 Å². The fourth-order valence-electron chi connectivity index (χ4n) is 3.97. The summed E-state index contributed by atoms with van der Waals surface area (Å²) in [5.41, 5.74) is 0.624. The molecule has 3 aromatic rings. The summed E-state index contributed by atoms with van der Waals surface area (Å²) < 4.78 is 0. The van der Waals surface area contributed by atoms with Crippen molar-refractivity contribution in [2.75, 3.05) is 9.96 Å². The number of non-ortho nitro benzene ring substituents is 1. The molecule has 2 aromatic carbocycles. The Hall–Kier alpha value is -3.27. The van der Waals surface area contributed by atoms with E-state index in [-0.39, 0.29) is 11.4 Å². The smallest absolute Gasteiger partial charge is 0.271 e. The van der Waals surface area contributed by atoms with Crippen LogP contribution in [0.15, 0.2) is 66.0 Å². The number of nitrogens with zero attached hydrogens (tertiary/aromatic N) is 3. The zero-order valence-electron chi connectivity index (χ0n) is 15.8. The Morgan fingerprint density at radius 3 is 2.45 bits per heavy atom. The lowest BCUT2D eigenvalue weighted by Crippen LogP contribution is -2.37. The molecule has 2 saturated heterocycles. The molecule has 3 atom stereocenters. The van der Waals surface area contributed by atoms with Crippen molar-refractivity contribution >= 4 is 51.8 Å². The van der Waals surface area contributed by atoms with Crippen molar-refractivity contribution in [1.82, 2.24) is 0 Å². The van der Waals surface area contributed by atoms with E-state index in [4.69, 9.17) is 16.4 Å². The van der Waals surface area contributed by atoms with Crippen molar-refractivity contribution in [3.8, 4) is 0 Å². The molecule has 0 aliphatic carbocycles. The lowest BCUT2D eigenvalue weighted by atomic mass is 9.95. The number of benzene rings is 2. The number of hydrogen-bond acceptors (Lipinski definition) is 7. The highest BCUT2D eigenvalue weighted by Gasteiger charge is 2.60. The number of carbonyl (C=O) groups is 2. The second kappa shape index (κ2) is 7.45. The largest absolute Gasteiger partial charge is 0.273 e. The monoisotopic (exact) mass is 455 g/mol. The number of imide groups is 1. The molecule has 0 N–H and O–H groups in total. The molecule has 0 bridgehead atoms. The summed E-state index contributed by atoms with van der Waals surface area (Å²) in [6.45, 7) is 0. The van der Waals surface area contributed by atoms with E-state index in [0.717, 1.165) is 9.78 Å². The summed E-state index contributed by atoms with van der Waals surface area (Å²) in [7, 11) is 0. The molecule has 5 rings (SSSR count). The van der Waals surface area contributed by atoms with Gasteiger partial charge in [-0.1, -0.05) is 23.7 Å². The van der Waals surface area contributed by atoms with Crippen LogP contribution in [0.3, 0.4) is 0 Å². The van der Waals surface area contributed by atoms with Crippen LogP contribution >= 0.6 is 22.9 Å². The SMILES string of the molecule is O=C1C2ON(c3ccc(Cl)cc3)C(c3cccs3)C2C(=O)N1c1cccc([N+](=O)[O-])c1. The van der Waals surface area contributed by atoms with Crippen molar-refractivity contribution in [3.63, 3.8) is 0 Å². The molecule has 2 amide bonds. The Balaban J connectivity index is 1.55. The first-order chi connectivity index (χ1) is 15.0. The minimum Gasteiger partial charge on any atom is -0.273 e. The third kappa shape index (κ3) is 3.18. The molecule has 3 unspecified atom stereocenters. The molecule has 3 heterocycles. The summed E-state index contributed by atoms with van der Waals surface area (Å²) in [5.74, 6) is -1.79. The van der Waals surface area contributed by atoms with Crippen LogP contribution in [0.5, 0.6) is 0 Å². The van der Waals surface area contributed by atoms with Crippen LogP contribution < -0.4 is 9.96 Å². The minimum absolute atomic E-state index is 0.158. The highest BCUT2D eigenvalue weighted by molar-refractivity contribution is 7.10. The number of hydrogen-bond donors (Lipinski definition) is 0. The van der Waals surface area contributed by atoms with Gasteiger partial charge in [0.1, 0.15) is 12.0 Å². The van der Waals surface area contributed by atoms with Gasteiger partial charge >= 0.3 is 0 Å². The zero-order valence-corrected chi connectivity index (χ0v) is 17.3. The maximum absolute atomic E-state index is 13.4. The Labute approximate surface area is 185 Å². The van der Waals surface area contributed by atoms with Gasteiger partial charge in [0.2, 0.25) is 5.91 Å². The standard InChI is InChI=1S/C21H14ClN3O5S/c22-12-6-8-13(9-7-12)24-18(16-5-2-10-31-16)17-19(30-24)21(27)23(20(17)26)14-3-1-4-15(11-14)25(28)29/h1-11,17-19H. The van der Waals surface area contributed by atoms with E-state index in [1.807, 2.05) is 17.5 Å². The second-order valence-electron chi connectivity index (χ2n) is 7.10. The molecular weight excluding hydrogens is 442 g/mol. The third-order valence-corrected chi connectivity index (χ3v) is 6.52. The van der Waals surface area contributed by atoms with Crippen LogP contribution in [-0.4, -0.2) is 22.8 Å². The first-order valence-corrected chi connectivity index (χ1v) is 10.6. The number of hydroxylamine groups is 1. The molecule has 8 nitrogen and oxygen atoms in total. The molecule has 0 saturated carbocycles. The van der Waals surface area contributed by atoms with Crippen LogP contribution in [0.25, 0.3) is 0 Å². The van der Waals surface area contributed by atoms with Gasteiger partial charge < -0.3 is 0 Å². The zero-order chi connectivity index (χ0) is 21.7. The Morgan fingerprint density at radius 2 is 1.77 bits per heavy atom. The summed E-state index contributed by atoms with van der Waals surface area (Å²) in [4.78, 5) is 45.1. The Bertz CT molecular complexity index is 1180. The van der Waals surface area contributed by atoms with Gasteiger partial charge in [0.05, 0.1) is 16.3 Å². The molecule has 156 valence electrons. The predicted octanol–water partition coefficient (Wildman–Crippen LogP) is 4.36. The van der Waals surface area contributed by atoms with E-state index in [9.17, 15) is 19.7 Å². The Morgan fingerprint density at radius 1 is 1.00 bits per heavy atom. The van der Waals surface area contributed by atoms with E-state index in [2.05, 4.69) is 0 Å². The molecule has 10 heteroatoms. The fraction of sp³-hybridized carbons (Fsp3) is 0.143. The van der Waals surface area contributed by atoms with Crippen LogP contribution in [0.2, 0.25) is 5.02 Å². The van der Waals surface area contributed by atoms with E-state index in [0.29, 0.717) is 10.7 Å². The fourth-order valence-corrected chi connectivity index (χ4v) is 4.95. The lowest BCUT2D eigenvalue weighted by Gasteiger charge is -2.27. The highest BCUT2D eigenvalue weighted by atomic mass is 35.5. The quantitative estimate of drug-likeness (QED) is 0.329. The topological polar surface area (TPSA) is 93.0 Å². The van der Waals surface area contributed by atoms with Crippen LogP contribution in [-0.2, 0) is 14.4 Å². The van der Waals surface area contributed by atoms with Gasteiger partial charge in [-0.2, -0.15) is 0 Å². The molecule has 0 spiro atoms. The predicted molar refractivity (Wildman–Crippen MR) is 115 cm³/mol. The van der Waals surface area contributed by atoms with Gasteiger partial charge in [-0.15, -0.1) is 11.3 Å². The first-order valence-electron chi connectivity index (χ1n) is 9.33. The van der Waals surface area contributed by atoms with Gasteiger partial charge in [0.25, 0.3) is 11.6 Å². The van der Waals surface area contributed by atoms with Crippen molar-refractivity contribution in [1.29, 1.82) is 0 Å². The van der Waals surface area contributed by atoms with E-state index >= 15 is 0 Å². The maximum Gasteiger partial charge on any atom is 0.271 e. The minimum atomic E-state index is -1.03. The number of carbonyl (C=O) groups excluding carboxylic acids is 2. The van der Waals surface area contributed by atoms with Crippen LogP contribution in [0.1, 0.15) is 10.9 Å². The average molecular weight is 456 g/mol. The summed E-state index contributed by atoms with van der Waals surface area (Å²) >= 11 is 7.46. The Kier molecular flexibility index (Phi) is 4.73. The normalized spacial score (nSPS) is 22.8. The summed E-state index contributed by atoms with van der Waals surface area (Å²) in [6.07, 6.45) is -1.03. The van der Waals surface area contributed by atoms with Gasteiger partial charge in [-0.3, -0.25) is 24.5 Å². The molecule has 2 aliphatic heterocycles. The van der Waals surface area contributed by atoms with Crippen molar-refractivity contribution in [2.24, 2.45) is 5.92 Å². The number of rotatable bonds is 4. The molecule has 0 radical (unpaired) electrons. The van der Waals surface area contributed by atoms with Gasteiger partial charge in [-0.05, 0) is 41.8 Å². The third-order valence-electron chi connectivity index (χ3n) is 5.33. The molecule has 1 aromatic heterocycles. The number of halogens is 1. The van der Waals surface area contributed by atoms with Gasteiger partial charge in [-0.25, -0.2) is 9.96 Å². The number of thiophene rings is 1. The van der Waals surface area contributed by atoms with Crippen molar-refractivity contribution < 1.29 is 19.3 Å². The lowest BCUT2D eigenvalue weighted by molar-refractivity contribution is -0.384. The second-order valence-corrected chi connectivity index (χ2v) is 8.52. The van der Waals surface area contributed by atoms with Crippen LogP contribution in [0, 0.1) is 16.0 Å². The number of amides is 2. The first kappa shape index (κ1) is 19.7. The molecule has 31 heavy (non-hydrogen) atoms. The van der Waals surface area contributed by atoms with Gasteiger partial charge in [0, 0.05) is 22.0 Å². The highest BCUT2D eigenvalue weighted by Crippen LogP contribution is 2.48. The number of nitro benzene ring substituents is 1. The van der Waals surface area contributed by atoms with Gasteiger partial charge in [0.15, 0.2) is 6.10 Å². The van der Waals surface area contributed by atoms with E-state index in [1.54, 1.807) is 29.3 Å².